The summed E-state index contributed by atoms with van der Waals surface area (Å²) in [5.74, 6) is 2.48. The van der Waals surface area contributed by atoms with Gasteiger partial charge in [0, 0.05) is 24.6 Å². The predicted molar refractivity (Wildman–Crippen MR) is 80.1 cm³/mol. The van der Waals surface area contributed by atoms with Crippen LogP contribution in [0.1, 0.15) is 46.5 Å². The maximum Gasteiger partial charge on any atom is 0.242 e. The Morgan fingerprint density at radius 1 is 1.28 bits per heavy atom. The van der Waals surface area contributed by atoms with Gasteiger partial charge in [-0.05, 0) is 26.3 Å². The lowest BCUT2D eigenvalue weighted by molar-refractivity contribution is -0.137. The number of unbranched alkanes of at least 4 members (excludes halogenated alkanes) is 1. The van der Waals surface area contributed by atoms with E-state index in [0.717, 1.165) is 50.4 Å². The highest BCUT2D eigenvalue weighted by molar-refractivity contribution is 7.99. The van der Waals surface area contributed by atoms with Crippen LogP contribution < -0.4 is 5.32 Å². The van der Waals surface area contributed by atoms with Gasteiger partial charge in [0.2, 0.25) is 5.91 Å². The molecule has 18 heavy (non-hydrogen) atoms. The van der Waals surface area contributed by atoms with Gasteiger partial charge in [0.15, 0.2) is 0 Å². The molecule has 1 heterocycles. The first kappa shape index (κ1) is 15.8. The van der Waals surface area contributed by atoms with Crippen LogP contribution in [0.15, 0.2) is 0 Å². The number of thioether (sulfide) groups is 1. The summed E-state index contributed by atoms with van der Waals surface area (Å²) in [6, 6.07) is 0. The van der Waals surface area contributed by atoms with E-state index in [2.05, 4.69) is 26.1 Å². The number of carbonyl (C=O) groups excluding carboxylic acids is 1. The lowest BCUT2D eigenvalue weighted by Gasteiger charge is -2.37. The fraction of sp³-hybridized carbons (Fsp3) is 0.929. The Labute approximate surface area is 116 Å². The number of carbonyl (C=O) groups is 1. The van der Waals surface area contributed by atoms with Gasteiger partial charge in [0.25, 0.3) is 0 Å². The summed E-state index contributed by atoms with van der Waals surface area (Å²) in [5.41, 5.74) is -0.355. The largest absolute Gasteiger partial charge is 0.339 e. The molecule has 0 aliphatic carbocycles. The molecule has 1 amide bonds. The molecule has 0 aromatic heterocycles. The van der Waals surface area contributed by atoms with E-state index in [-0.39, 0.29) is 5.54 Å². The predicted octanol–water partition coefficient (Wildman–Crippen LogP) is 2.51. The third-order valence-corrected chi connectivity index (χ3v) is 4.51. The Morgan fingerprint density at radius 3 is 2.50 bits per heavy atom. The molecule has 0 spiro atoms. The molecular formula is C14H28N2OS. The van der Waals surface area contributed by atoms with Gasteiger partial charge in [-0.1, -0.05) is 26.7 Å². The van der Waals surface area contributed by atoms with Crippen molar-refractivity contribution < 1.29 is 4.79 Å². The van der Waals surface area contributed by atoms with Gasteiger partial charge < -0.3 is 10.2 Å². The van der Waals surface area contributed by atoms with Crippen LogP contribution in [0.4, 0.5) is 0 Å². The molecule has 1 aliphatic heterocycles. The molecule has 0 bridgehead atoms. The highest BCUT2D eigenvalue weighted by Gasteiger charge is 2.35. The van der Waals surface area contributed by atoms with Crippen molar-refractivity contribution in [1.82, 2.24) is 10.2 Å². The zero-order valence-corrected chi connectivity index (χ0v) is 12.9. The summed E-state index contributed by atoms with van der Waals surface area (Å²) >= 11 is 1.95. The SMILES string of the molecule is CCCCNC(C)(CCC)C(=O)N1CCSCC1. The van der Waals surface area contributed by atoms with E-state index in [1.54, 1.807) is 0 Å². The number of rotatable bonds is 7. The standard InChI is InChI=1S/C14H28N2OS/c1-4-6-8-15-14(3,7-5-2)13(17)16-9-11-18-12-10-16/h15H,4-12H2,1-3H3. The van der Waals surface area contributed by atoms with Crippen molar-refractivity contribution in [1.29, 1.82) is 0 Å². The van der Waals surface area contributed by atoms with Gasteiger partial charge in [-0.2, -0.15) is 11.8 Å². The van der Waals surface area contributed by atoms with Gasteiger partial charge in [-0.3, -0.25) is 4.79 Å². The molecule has 1 fully saturated rings. The van der Waals surface area contributed by atoms with Gasteiger partial charge in [0.05, 0.1) is 5.54 Å². The molecule has 1 atom stereocenters. The molecule has 1 aliphatic rings. The number of hydrogen-bond acceptors (Lipinski definition) is 3. The van der Waals surface area contributed by atoms with E-state index in [0.29, 0.717) is 5.91 Å². The molecule has 4 heteroatoms. The average Bonchev–Trinajstić information content (AvgIpc) is 2.39. The van der Waals surface area contributed by atoms with Crippen molar-refractivity contribution in [3.8, 4) is 0 Å². The second-order valence-electron chi connectivity index (χ2n) is 5.27. The minimum absolute atomic E-state index is 0.306. The summed E-state index contributed by atoms with van der Waals surface area (Å²) in [4.78, 5) is 14.7. The first-order chi connectivity index (χ1) is 8.64. The topological polar surface area (TPSA) is 32.3 Å². The van der Waals surface area contributed by atoms with Crippen LogP contribution in [0.3, 0.4) is 0 Å². The molecule has 1 rings (SSSR count). The molecule has 0 aromatic rings. The maximum atomic E-state index is 12.7. The molecule has 3 nitrogen and oxygen atoms in total. The van der Waals surface area contributed by atoms with Crippen LogP contribution in [0, 0.1) is 0 Å². The first-order valence-corrected chi connectivity index (χ1v) is 8.41. The third-order valence-electron chi connectivity index (χ3n) is 3.57. The highest BCUT2D eigenvalue weighted by Crippen LogP contribution is 2.19. The van der Waals surface area contributed by atoms with Gasteiger partial charge in [0.1, 0.15) is 0 Å². The average molecular weight is 272 g/mol. The van der Waals surface area contributed by atoms with Crippen LogP contribution in [0.5, 0.6) is 0 Å². The smallest absolute Gasteiger partial charge is 0.242 e. The first-order valence-electron chi connectivity index (χ1n) is 7.26. The van der Waals surface area contributed by atoms with Crippen molar-refractivity contribution in [3.05, 3.63) is 0 Å². The molecule has 1 N–H and O–H groups in total. The van der Waals surface area contributed by atoms with Crippen molar-refractivity contribution in [2.45, 2.75) is 52.0 Å². The van der Waals surface area contributed by atoms with E-state index >= 15 is 0 Å². The van der Waals surface area contributed by atoms with Crippen molar-refractivity contribution in [2.75, 3.05) is 31.1 Å². The van der Waals surface area contributed by atoms with Crippen molar-refractivity contribution >= 4 is 17.7 Å². The van der Waals surface area contributed by atoms with E-state index in [1.165, 1.54) is 6.42 Å². The molecular weight excluding hydrogens is 244 g/mol. The monoisotopic (exact) mass is 272 g/mol. The quantitative estimate of drug-likeness (QED) is 0.723. The van der Waals surface area contributed by atoms with Crippen LogP contribution in [-0.2, 0) is 4.79 Å². The summed E-state index contributed by atoms with van der Waals surface area (Å²) in [6.45, 7) is 9.19. The Balaban J connectivity index is 2.59. The molecule has 1 saturated heterocycles. The number of nitrogens with zero attached hydrogens (tertiary/aromatic N) is 1. The molecule has 106 valence electrons. The number of amides is 1. The normalized spacial score (nSPS) is 19.6. The third kappa shape index (κ3) is 4.47. The summed E-state index contributed by atoms with van der Waals surface area (Å²) in [7, 11) is 0. The summed E-state index contributed by atoms with van der Waals surface area (Å²) in [5, 5.41) is 3.50. The van der Waals surface area contributed by atoms with Crippen LogP contribution in [-0.4, -0.2) is 47.5 Å². The van der Waals surface area contributed by atoms with E-state index in [4.69, 9.17) is 0 Å². The van der Waals surface area contributed by atoms with Gasteiger partial charge >= 0.3 is 0 Å². The minimum atomic E-state index is -0.355. The fourth-order valence-corrected chi connectivity index (χ4v) is 3.33. The fourth-order valence-electron chi connectivity index (χ4n) is 2.43. The Kier molecular flexibility index (Phi) is 7.08. The highest BCUT2D eigenvalue weighted by atomic mass is 32.2. The summed E-state index contributed by atoms with van der Waals surface area (Å²) in [6.07, 6.45) is 4.29. The zero-order valence-electron chi connectivity index (χ0n) is 12.1. The van der Waals surface area contributed by atoms with Crippen LogP contribution >= 0.6 is 11.8 Å². The number of hydrogen-bond donors (Lipinski definition) is 1. The molecule has 1 unspecified atom stereocenters. The van der Waals surface area contributed by atoms with E-state index < -0.39 is 0 Å². The lowest BCUT2D eigenvalue weighted by Crippen LogP contribution is -2.57. The lowest BCUT2D eigenvalue weighted by atomic mass is 9.93. The molecule has 0 radical (unpaired) electrons. The van der Waals surface area contributed by atoms with Crippen LogP contribution in [0.25, 0.3) is 0 Å². The van der Waals surface area contributed by atoms with Crippen molar-refractivity contribution in [3.63, 3.8) is 0 Å². The van der Waals surface area contributed by atoms with E-state index in [1.807, 2.05) is 16.7 Å². The second kappa shape index (κ2) is 8.05. The molecule has 0 saturated carbocycles. The Bertz CT molecular complexity index is 254. The zero-order chi connectivity index (χ0) is 13.4. The molecule has 0 aromatic carbocycles. The van der Waals surface area contributed by atoms with E-state index in [9.17, 15) is 4.79 Å². The maximum absolute atomic E-state index is 12.7. The van der Waals surface area contributed by atoms with Crippen molar-refractivity contribution in [2.24, 2.45) is 0 Å². The van der Waals surface area contributed by atoms with Gasteiger partial charge in [-0.25, -0.2) is 0 Å². The van der Waals surface area contributed by atoms with Crippen LogP contribution in [0.2, 0.25) is 0 Å². The minimum Gasteiger partial charge on any atom is -0.339 e. The number of nitrogens with one attached hydrogen (secondary N) is 1. The second-order valence-corrected chi connectivity index (χ2v) is 6.49. The Hall–Kier alpha value is -0.220. The summed E-state index contributed by atoms with van der Waals surface area (Å²) < 4.78 is 0. The Morgan fingerprint density at radius 2 is 1.94 bits per heavy atom. The van der Waals surface area contributed by atoms with Gasteiger partial charge in [-0.15, -0.1) is 0 Å².